The molecule has 1 saturated carbocycles. The number of hydrogen-bond acceptors (Lipinski definition) is 3. The zero-order valence-corrected chi connectivity index (χ0v) is 7.34. The third-order valence-electron chi connectivity index (χ3n) is 2.44. The van der Waals surface area contributed by atoms with Crippen molar-refractivity contribution in [3.05, 3.63) is 17.5 Å². The van der Waals surface area contributed by atoms with Crippen LogP contribution in [0.1, 0.15) is 36.6 Å². The van der Waals surface area contributed by atoms with Gasteiger partial charge in [-0.3, -0.25) is 0 Å². The normalized spacial score (nSPS) is 17.8. The predicted molar refractivity (Wildman–Crippen MR) is 45.9 cm³/mol. The molecule has 12 heavy (non-hydrogen) atoms. The Bertz CT molecular complexity index is 253. The second-order valence-corrected chi connectivity index (χ2v) is 3.38. The molecule has 1 aliphatic rings. The molecule has 1 N–H and O–H groups in total. The highest BCUT2D eigenvalue weighted by Crippen LogP contribution is 2.36. The molecule has 0 aliphatic heterocycles. The lowest BCUT2D eigenvalue weighted by atomic mass is 9.83. The topological polar surface area (TPSA) is 38.1 Å². The summed E-state index contributed by atoms with van der Waals surface area (Å²) in [6.45, 7) is 0.802. The lowest BCUT2D eigenvalue weighted by Crippen LogP contribution is -2.07. The van der Waals surface area contributed by atoms with Crippen molar-refractivity contribution in [3.63, 3.8) is 0 Å². The van der Waals surface area contributed by atoms with Crippen LogP contribution >= 0.6 is 0 Å². The van der Waals surface area contributed by atoms with E-state index in [2.05, 4.69) is 16.5 Å². The smallest absolute Gasteiger partial charge is 0.140 e. The van der Waals surface area contributed by atoms with E-state index in [0.717, 1.165) is 18.0 Å². The van der Waals surface area contributed by atoms with Gasteiger partial charge in [0.05, 0.1) is 5.69 Å². The van der Waals surface area contributed by atoms with Gasteiger partial charge in [0.25, 0.3) is 0 Å². The molecule has 0 atom stereocenters. The molecule has 66 valence electrons. The van der Waals surface area contributed by atoms with Gasteiger partial charge in [0.15, 0.2) is 0 Å². The van der Waals surface area contributed by atoms with Crippen molar-refractivity contribution in [2.24, 2.45) is 0 Å². The Labute approximate surface area is 72.1 Å². The third kappa shape index (κ3) is 1.37. The number of aromatic nitrogens is 1. The lowest BCUT2D eigenvalue weighted by Gasteiger charge is -2.21. The van der Waals surface area contributed by atoms with E-state index in [4.69, 9.17) is 4.52 Å². The van der Waals surface area contributed by atoms with Gasteiger partial charge in [-0.15, -0.1) is 0 Å². The van der Waals surface area contributed by atoms with Crippen molar-refractivity contribution >= 4 is 0 Å². The van der Waals surface area contributed by atoms with Gasteiger partial charge in [-0.1, -0.05) is 11.6 Å². The van der Waals surface area contributed by atoms with E-state index in [9.17, 15) is 0 Å². The number of nitrogens with one attached hydrogen (secondary N) is 1. The van der Waals surface area contributed by atoms with Crippen LogP contribution in [0.3, 0.4) is 0 Å². The maximum absolute atomic E-state index is 5.23. The Balaban J connectivity index is 2.02. The van der Waals surface area contributed by atoms with Crippen molar-refractivity contribution in [1.82, 2.24) is 10.5 Å². The monoisotopic (exact) mass is 166 g/mol. The third-order valence-corrected chi connectivity index (χ3v) is 2.44. The average molecular weight is 166 g/mol. The van der Waals surface area contributed by atoms with Crippen LogP contribution in [-0.2, 0) is 6.54 Å². The first-order chi connectivity index (χ1) is 5.90. The molecule has 0 spiro atoms. The fraction of sp³-hybridized carbons (Fsp3) is 0.667. The lowest BCUT2D eigenvalue weighted by molar-refractivity contribution is 0.298. The Morgan fingerprint density at radius 3 is 3.08 bits per heavy atom. The van der Waals surface area contributed by atoms with Gasteiger partial charge >= 0.3 is 0 Å². The molecule has 1 heterocycles. The van der Waals surface area contributed by atoms with E-state index in [0.29, 0.717) is 5.92 Å². The summed E-state index contributed by atoms with van der Waals surface area (Å²) < 4.78 is 5.23. The minimum Gasteiger partial charge on any atom is -0.361 e. The summed E-state index contributed by atoms with van der Waals surface area (Å²) in [5.41, 5.74) is 1.01. The quantitative estimate of drug-likeness (QED) is 0.742. The van der Waals surface area contributed by atoms with E-state index in [1.807, 2.05) is 7.05 Å². The summed E-state index contributed by atoms with van der Waals surface area (Å²) in [6.07, 6.45) is 3.88. The minimum atomic E-state index is 0.656. The average Bonchev–Trinajstić information content (AvgIpc) is 2.34. The molecule has 3 heteroatoms. The van der Waals surface area contributed by atoms with Crippen molar-refractivity contribution < 1.29 is 4.52 Å². The van der Waals surface area contributed by atoms with E-state index < -0.39 is 0 Å². The van der Waals surface area contributed by atoms with Crippen molar-refractivity contribution in [2.75, 3.05) is 7.05 Å². The van der Waals surface area contributed by atoms with Gasteiger partial charge in [0.2, 0.25) is 0 Å². The molecule has 0 saturated heterocycles. The molecule has 1 aromatic rings. The number of rotatable bonds is 3. The molecule has 1 aromatic heterocycles. The summed E-state index contributed by atoms with van der Waals surface area (Å²) in [5, 5.41) is 7.02. The highest BCUT2D eigenvalue weighted by molar-refractivity contribution is 5.11. The zero-order chi connectivity index (χ0) is 8.39. The Kier molecular flexibility index (Phi) is 2.13. The standard InChI is InChI=1S/C9H14N2O/c1-10-6-8-5-9(12-11-8)7-3-2-4-7/h5,7,10H,2-4,6H2,1H3. The predicted octanol–water partition coefficient (Wildman–Crippen LogP) is 1.66. The highest BCUT2D eigenvalue weighted by Gasteiger charge is 2.23. The summed E-state index contributed by atoms with van der Waals surface area (Å²) in [7, 11) is 1.91. The van der Waals surface area contributed by atoms with Crippen LogP contribution in [0, 0.1) is 0 Å². The van der Waals surface area contributed by atoms with E-state index in [1.165, 1.54) is 19.3 Å². The largest absolute Gasteiger partial charge is 0.361 e. The fourth-order valence-electron chi connectivity index (χ4n) is 1.48. The molecule has 1 fully saturated rings. The van der Waals surface area contributed by atoms with Gasteiger partial charge in [-0.2, -0.15) is 0 Å². The van der Waals surface area contributed by atoms with E-state index in [-0.39, 0.29) is 0 Å². The summed E-state index contributed by atoms with van der Waals surface area (Å²) in [6, 6.07) is 2.07. The van der Waals surface area contributed by atoms with Crippen molar-refractivity contribution in [1.29, 1.82) is 0 Å². The zero-order valence-electron chi connectivity index (χ0n) is 7.34. The maximum Gasteiger partial charge on any atom is 0.140 e. The second-order valence-electron chi connectivity index (χ2n) is 3.38. The van der Waals surface area contributed by atoms with Crippen molar-refractivity contribution in [2.45, 2.75) is 31.7 Å². The van der Waals surface area contributed by atoms with Crippen LogP contribution in [0.15, 0.2) is 10.6 Å². The first kappa shape index (κ1) is 7.80. The molecular weight excluding hydrogens is 152 g/mol. The SMILES string of the molecule is CNCc1cc(C2CCC2)on1. The summed E-state index contributed by atoms with van der Waals surface area (Å²) in [4.78, 5) is 0. The maximum atomic E-state index is 5.23. The molecule has 1 aliphatic carbocycles. The fourth-order valence-corrected chi connectivity index (χ4v) is 1.48. The van der Waals surface area contributed by atoms with Gasteiger partial charge in [-0.25, -0.2) is 0 Å². The molecule has 0 aromatic carbocycles. The summed E-state index contributed by atoms with van der Waals surface area (Å²) in [5.74, 6) is 1.73. The first-order valence-electron chi connectivity index (χ1n) is 4.50. The van der Waals surface area contributed by atoms with Crippen LogP contribution in [0.2, 0.25) is 0 Å². The second kappa shape index (κ2) is 3.27. The van der Waals surface area contributed by atoms with Crippen LogP contribution < -0.4 is 5.32 Å². The molecule has 0 bridgehead atoms. The Morgan fingerprint density at radius 2 is 2.50 bits per heavy atom. The van der Waals surface area contributed by atoms with Crippen LogP contribution in [0.25, 0.3) is 0 Å². The van der Waals surface area contributed by atoms with Gasteiger partial charge < -0.3 is 9.84 Å². The molecular formula is C9H14N2O. The van der Waals surface area contributed by atoms with Crippen LogP contribution in [0.4, 0.5) is 0 Å². The minimum absolute atomic E-state index is 0.656. The van der Waals surface area contributed by atoms with Gasteiger partial charge in [-0.05, 0) is 19.9 Å². The molecule has 3 nitrogen and oxygen atoms in total. The van der Waals surface area contributed by atoms with E-state index >= 15 is 0 Å². The van der Waals surface area contributed by atoms with Crippen LogP contribution in [-0.4, -0.2) is 12.2 Å². The molecule has 2 rings (SSSR count). The van der Waals surface area contributed by atoms with Gasteiger partial charge in [0, 0.05) is 18.5 Å². The van der Waals surface area contributed by atoms with Gasteiger partial charge in [0.1, 0.15) is 5.76 Å². The number of hydrogen-bond donors (Lipinski definition) is 1. The Hall–Kier alpha value is -0.830. The first-order valence-corrected chi connectivity index (χ1v) is 4.50. The highest BCUT2D eigenvalue weighted by atomic mass is 16.5. The van der Waals surface area contributed by atoms with Crippen molar-refractivity contribution in [3.8, 4) is 0 Å². The molecule has 0 unspecified atom stereocenters. The summed E-state index contributed by atoms with van der Waals surface area (Å²) >= 11 is 0. The Morgan fingerprint density at radius 1 is 1.67 bits per heavy atom. The molecule has 0 amide bonds. The number of nitrogens with zero attached hydrogens (tertiary/aromatic N) is 1. The molecule has 0 radical (unpaired) electrons. The van der Waals surface area contributed by atoms with E-state index in [1.54, 1.807) is 0 Å². The van der Waals surface area contributed by atoms with Crippen LogP contribution in [0.5, 0.6) is 0 Å².